The second-order valence-electron chi connectivity index (χ2n) is 3.96. The maximum atomic E-state index is 11.2. The molecule has 0 aromatic heterocycles. The Kier molecular flexibility index (Phi) is 2.37. The Morgan fingerprint density at radius 1 is 1.38 bits per heavy atom. The van der Waals surface area contributed by atoms with E-state index in [2.05, 4.69) is 12.2 Å². The molecule has 0 saturated carbocycles. The lowest BCUT2D eigenvalue weighted by molar-refractivity contribution is 0.448. The predicted octanol–water partition coefficient (Wildman–Crippen LogP) is 0.616. The zero-order valence-electron chi connectivity index (χ0n) is 7.75. The third kappa shape index (κ3) is 2.02. The molecule has 0 aromatic carbocycles. The summed E-state index contributed by atoms with van der Waals surface area (Å²) >= 11 is 1.91. The first kappa shape index (κ1) is 9.80. The van der Waals surface area contributed by atoms with E-state index < -0.39 is 9.84 Å². The van der Waals surface area contributed by atoms with Crippen molar-refractivity contribution in [3.05, 3.63) is 0 Å². The van der Waals surface area contributed by atoms with Crippen molar-refractivity contribution >= 4 is 21.6 Å². The predicted molar refractivity (Wildman–Crippen MR) is 55.7 cm³/mol. The van der Waals surface area contributed by atoms with Crippen molar-refractivity contribution in [1.29, 1.82) is 0 Å². The Labute approximate surface area is 83.6 Å². The second kappa shape index (κ2) is 3.14. The van der Waals surface area contributed by atoms with Crippen LogP contribution in [0.1, 0.15) is 19.8 Å². The summed E-state index contributed by atoms with van der Waals surface area (Å²) in [6.07, 6.45) is 1.56. The van der Waals surface area contributed by atoms with Gasteiger partial charge in [0, 0.05) is 11.8 Å². The SMILES string of the molecule is CC1CNC2(CCS(=O)(=O)CC2)S1. The maximum absolute atomic E-state index is 11.2. The molecule has 2 aliphatic rings. The minimum Gasteiger partial charge on any atom is -0.302 e. The monoisotopic (exact) mass is 221 g/mol. The van der Waals surface area contributed by atoms with Crippen molar-refractivity contribution in [3.8, 4) is 0 Å². The molecule has 76 valence electrons. The lowest BCUT2D eigenvalue weighted by Gasteiger charge is -2.32. The summed E-state index contributed by atoms with van der Waals surface area (Å²) in [5, 5.41) is 4.08. The zero-order valence-corrected chi connectivity index (χ0v) is 9.38. The first-order chi connectivity index (χ1) is 6.02. The van der Waals surface area contributed by atoms with Gasteiger partial charge in [0.2, 0.25) is 0 Å². The van der Waals surface area contributed by atoms with E-state index in [0.29, 0.717) is 16.8 Å². The average Bonchev–Trinajstić information content (AvgIpc) is 2.41. The summed E-state index contributed by atoms with van der Waals surface area (Å²) in [6, 6.07) is 0. The van der Waals surface area contributed by atoms with E-state index in [-0.39, 0.29) is 4.87 Å². The van der Waals surface area contributed by atoms with Crippen molar-refractivity contribution in [3.63, 3.8) is 0 Å². The molecule has 1 unspecified atom stereocenters. The Hall–Kier alpha value is 0.260. The van der Waals surface area contributed by atoms with Crippen LogP contribution in [0.4, 0.5) is 0 Å². The fourth-order valence-electron chi connectivity index (χ4n) is 1.96. The van der Waals surface area contributed by atoms with Crippen LogP contribution in [-0.4, -0.2) is 36.6 Å². The molecule has 0 aliphatic carbocycles. The normalized spacial score (nSPS) is 36.5. The maximum Gasteiger partial charge on any atom is 0.150 e. The largest absolute Gasteiger partial charge is 0.302 e. The van der Waals surface area contributed by atoms with Crippen molar-refractivity contribution in [1.82, 2.24) is 5.32 Å². The van der Waals surface area contributed by atoms with Crippen molar-refractivity contribution in [2.75, 3.05) is 18.1 Å². The van der Waals surface area contributed by atoms with Gasteiger partial charge in [0.05, 0.1) is 16.4 Å². The molecule has 2 aliphatic heterocycles. The molecule has 0 radical (unpaired) electrons. The highest BCUT2D eigenvalue weighted by Crippen LogP contribution is 2.40. The molecule has 0 bridgehead atoms. The smallest absolute Gasteiger partial charge is 0.150 e. The molecule has 5 heteroatoms. The highest BCUT2D eigenvalue weighted by molar-refractivity contribution is 8.01. The van der Waals surface area contributed by atoms with E-state index in [9.17, 15) is 8.42 Å². The minimum absolute atomic E-state index is 0.0880. The fraction of sp³-hybridized carbons (Fsp3) is 1.00. The summed E-state index contributed by atoms with van der Waals surface area (Å²) in [7, 11) is -2.72. The molecule has 3 nitrogen and oxygen atoms in total. The molecule has 1 atom stereocenters. The number of hydrogen-bond acceptors (Lipinski definition) is 4. The Morgan fingerprint density at radius 2 is 2.00 bits per heavy atom. The zero-order chi connectivity index (χ0) is 9.53. The minimum atomic E-state index is -2.72. The van der Waals surface area contributed by atoms with E-state index in [1.807, 2.05) is 11.8 Å². The summed E-state index contributed by atoms with van der Waals surface area (Å²) < 4.78 is 22.5. The van der Waals surface area contributed by atoms with Crippen LogP contribution >= 0.6 is 11.8 Å². The third-order valence-electron chi connectivity index (χ3n) is 2.77. The molecule has 1 spiro atoms. The molecule has 2 fully saturated rings. The molecule has 13 heavy (non-hydrogen) atoms. The van der Waals surface area contributed by atoms with Gasteiger partial charge in [-0.05, 0) is 12.8 Å². The molecule has 2 heterocycles. The van der Waals surface area contributed by atoms with Crippen LogP contribution in [0, 0.1) is 0 Å². The molecule has 2 rings (SSSR count). The number of sulfone groups is 1. The first-order valence-corrected chi connectivity index (χ1v) is 7.35. The van der Waals surface area contributed by atoms with E-state index in [1.165, 1.54) is 0 Å². The second-order valence-corrected chi connectivity index (χ2v) is 8.08. The van der Waals surface area contributed by atoms with Crippen LogP contribution in [0.15, 0.2) is 0 Å². The molecule has 2 saturated heterocycles. The Bertz CT molecular complexity index is 285. The van der Waals surface area contributed by atoms with Gasteiger partial charge in [0.25, 0.3) is 0 Å². The van der Waals surface area contributed by atoms with Gasteiger partial charge < -0.3 is 5.32 Å². The molecule has 1 N–H and O–H groups in total. The summed E-state index contributed by atoms with van der Waals surface area (Å²) in [4.78, 5) is 0.0880. The van der Waals surface area contributed by atoms with E-state index >= 15 is 0 Å². The van der Waals surface area contributed by atoms with Crippen LogP contribution < -0.4 is 5.32 Å². The Morgan fingerprint density at radius 3 is 2.46 bits per heavy atom. The van der Waals surface area contributed by atoms with Gasteiger partial charge in [-0.3, -0.25) is 0 Å². The lowest BCUT2D eigenvalue weighted by Crippen LogP contribution is -2.44. The van der Waals surface area contributed by atoms with Crippen molar-refractivity contribution in [2.45, 2.75) is 29.9 Å². The standard InChI is InChI=1S/C8H15NO2S2/c1-7-6-9-8(12-7)2-4-13(10,11)5-3-8/h7,9H,2-6H2,1H3. The van der Waals surface area contributed by atoms with E-state index in [0.717, 1.165) is 19.4 Å². The number of thioether (sulfide) groups is 1. The fourth-order valence-corrected chi connectivity index (χ4v) is 5.29. The number of rotatable bonds is 0. The first-order valence-electron chi connectivity index (χ1n) is 4.65. The quantitative estimate of drug-likeness (QED) is 0.651. The average molecular weight is 221 g/mol. The molecule has 0 amide bonds. The van der Waals surface area contributed by atoms with Gasteiger partial charge in [0.15, 0.2) is 9.84 Å². The highest BCUT2D eigenvalue weighted by Gasteiger charge is 2.42. The number of nitrogens with one attached hydrogen (secondary N) is 1. The van der Waals surface area contributed by atoms with Gasteiger partial charge in [-0.1, -0.05) is 6.92 Å². The lowest BCUT2D eigenvalue weighted by atomic mass is 10.1. The molecular weight excluding hydrogens is 206 g/mol. The van der Waals surface area contributed by atoms with E-state index in [4.69, 9.17) is 0 Å². The van der Waals surface area contributed by atoms with Crippen LogP contribution in [0.25, 0.3) is 0 Å². The molecular formula is C8H15NO2S2. The summed E-state index contributed by atoms with van der Waals surface area (Å²) in [5.41, 5.74) is 0. The van der Waals surface area contributed by atoms with E-state index in [1.54, 1.807) is 0 Å². The van der Waals surface area contributed by atoms with Gasteiger partial charge in [0.1, 0.15) is 0 Å². The van der Waals surface area contributed by atoms with Gasteiger partial charge >= 0.3 is 0 Å². The van der Waals surface area contributed by atoms with Crippen LogP contribution in [0.5, 0.6) is 0 Å². The highest BCUT2D eigenvalue weighted by atomic mass is 32.2. The summed E-state index contributed by atoms with van der Waals surface area (Å²) in [5.74, 6) is 0.722. The number of hydrogen-bond donors (Lipinski definition) is 1. The van der Waals surface area contributed by atoms with Crippen LogP contribution in [0.2, 0.25) is 0 Å². The van der Waals surface area contributed by atoms with Gasteiger partial charge in [-0.15, -0.1) is 11.8 Å². The topological polar surface area (TPSA) is 46.2 Å². The van der Waals surface area contributed by atoms with Crippen molar-refractivity contribution in [2.24, 2.45) is 0 Å². The Balaban J connectivity index is 2.05. The summed E-state index contributed by atoms with van der Waals surface area (Å²) in [6.45, 7) is 3.21. The van der Waals surface area contributed by atoms with Gasteiger partial charge in [-0.2, -0.15) is 0 Å². The van der Waals surface area contributed by atoms with Crippen molar-refractivity contribution < 1.29 is 8.42 Å². The molecule has 0 aromatic rings. The van der Waals surface area contributed by atoms with Crippen LogP contribution in [-0.2, 0) is 9.84 Å². The van der Waals surface area contributed by atoms with Gasteiger partial charge in [-0.25, -0.2) is 8.42 Å². The van der Waals surface area contributed by atoms with Crippen LogP contribution in [0.3, 0.4) is 0 Å². The third-order valence-corrected chi connectivity index (χ3v) is 6.00.